The van der Waals surface area contributed by atoms with E-state index in [2.05, 4.69) is 0 Å². The van der Waals surface area contributed by atoms with Crippen LogP contribution in [0.25, 0.3) is 0 Å². The van der Waals surface area contributed by atoms with Crippen molar-refractivity contribution >= 4 is 0 Å². The monoisotopic (exact) mass is 194 g/mol. The first-order chi connectivity index (χ1) is 6.15. The first kappa shape index (κ1) is 12.8. The summed E-state index contributed by atoms with van der Waals surface area (Å²) >= 11 is 0. The second kappa shape index (κ2) is 7.23. The van der Waals surface area contributed by atoms with Gasteiger partial charge >= 0.3 is 0 Å². The maximum atomic E-state index is 9.40. The second-order valence-corrected chi connectivity index (χ2v) is 2.73. The third kappa shape index (κ3) is 5.17. The summed E-state index contributed by atoms with van der Waals surface area (Å²) in [6, 6.07) is 0. The lowest BCUT2D eigenvalue weighted by atomic mass is 10.3. The van der Waals surface area contributed by atoms with E-state index in [1.54, 1.807) is 6.92 Å². The maximum absolute atomic E-state index is 9.40. The van der Waals surface area contributed by atoms with Gasteiger partial charge in [0.15, 0.2) is 6.29 Å². The summed E-state index contributed by atoms with van der Waals surface area (Å²) in [6.45, 7) is 1.72. The Hall–Kier alpha value is -0.200. The Balaban J connectivity index is 3.65. The van der Waals surface area contributed by atoms with Gasteiger partial charge in [0.05, 0.1) is 19.3 Å². The van der Waals surface area contributed by atoms with Crippen molar-refractivity contribution in [3.8, 4) is 0 Å². The van der Waals surface area contributed by atoms with Crippen LogP contribution in [0.5, 0.6) is 0 Å². The quantitative estimate of drug-likeness (QED) is 0.528. The molecule has 13 heavy (non-hydrogen) atoms. The lowest BCUT2D eigenvalue weighted by Gasteiger charge is -2.21. The topological polar surface area (TPSA) is 68.2 Å². The molecule has 0 aromatic carbocycles. The van der Waals surface area contributed by atoms with Gasteiger partial charge in [0.2, 0.25) is 0 Å². The Morgan fingerprint density at radius 1 is 1.23 bits per heavy atom. The van der Waals surface area contributed by atoms with Crippen LogP contribution < -0.4 is 0 Å². The zero-order chi connectivity index (χ0) is 10.3. The molecule has 0 radical (unpaired) electrons. The van der Waals surface area contributed by atoms with Gasteiger partial charge in [-0.3, -0.25) is 0 Å². The zero-order valence-electron chi connectivity index (χ0n) is 8.27. The van der Waals surface area contributed by atoms with E-state index in [9.17, 15) is 5.11 Å². The van der Waals surface area contributed by atoms with Crippen LogP contribution in [0.1, 0.15) is 6.92 Å². The second-order valence-electron chi connectivity index (χ2n) is 2.73. The number of hydrogen-bond donors (Lipinski definition) is 2. The normalized spacial score (nSPS) is 16.2. The molecule has 0 aliphatic heterocycles. The fraction of sp³-hybridized carbons (Fsp3) is 1.00. The van der Waals surface area contributed by atoms with E-state index in [-0.39, 0.29) is 19.3 Å². The predicted octanol–water partition coefficient (Wildman–Crippen LogP) is -0.636. The minimum Gasteiger partial charge on any atom is -0.394 e. The number of hydrogen-bond acceptors (Lipinski definition) is 5. The zero-order valence-corrected chi connectivity index (χ0v) is 8.27. The third-order valence-electron chi connectivity index (χ3n) is 1.59. The number of rotatable bonds is 7. The lowest BCUT2D eigenvalue weighted by Crippen LogP contribution is -2.35. The molecule has 0 aromatic heterocycles. The Kier molecular flexibility index (Phi) is 7.12. The van der Waals surface area contributed by atoms with Gasteiger partial charge in [-0.2, -0.15) is 0 Å². The van der Waals surface area contributed by atoms with Crippen molar-refractivity contribution < 1.29 is 24.4 Å². The molecule has 2 unspecified atom stereocenters. The van der Waals surface area contributed by atoms with Crippen LogP contribution >= 0.6 is 0 Å². The van der Waals surface area contributed by atoms with Gasteiger partial charge in [0.25, 0.3) is 0 Å². The highest BCUT2D eigenvalue weighted by molar-refractivity contribution is 4.59. The van der Waals surface area contributed by atoms with E-state index >= 15 is 0 Å². The Bertz CT molecular complexity index is 115. The van der Waals surface area contributed by atoms with Crippen molar-refractivity contribution in [1.82, 2.24) is 0 Å². The van der Waals surface area contributed by atoms with Gasteiger partial charge in [0.1, 0.15) is 6.10 Å². The van der Waals surface area contributed by atoms with Gasteiger partial charge in [-0.05, 0) is 6.92 Å². The molecule has 2 atom stereocenters. The Labute approximate surface area is 78.2 Å². The summed E-state index contributed by atoms with van der Waals surface area (Å²) in [5.41, 5.74) is 0. The van der Waals surface area contributed by atoms with Crippen molar-refractivity contribution in [1.29, 1.82) is 0 Å². The molecular formula is C8H18O5. The number of aliphatic hydroxyl groups excluding tert-OH is 2. The maximum Gasteiger partial charge on any atom is 0.184 e. The van der Waals surface area contributed by atoms with E-state index in [0.717, 1.165) is 0 Å². The predicted molar refractivity (Wildman–Crippen MR) is 46.3 cm³/mol. The molecule has 5 nitrogen and oxygen atoms in total. The molecule has 0 aromatic rings. The molecule has 0 rings (SSSR count). The molecule has 0 saturated carbocycles. The van der Waals surface area contributed by atoms with Crippen molar-refractivity contribution in [3.05, 3.63) is 0 Å². The van der Waals surface area contributed by atoms with E-state index in [0.29, 0.717) is 0 Å². The summed E-state index contributed by atoms with van der Waals surface area (Å²) < 4.78 is 14.7. The molecule has 5 heteroatoms. The van der Waals surface area contributed by atoms with E-state index in [4.69, 9.17) is 19.3 Å². The van der Waals surface area contributed by atoms with Crippen LogP contribution in [0.2, 0.25) is 0 Å². The van der Waals surface area contributed by atoms with Gasteiger partial charge in [-0.25, -0.2) is 0 Å². The molecule has 0 aliphatic carbocycles. The first-order valence-electron chi connectivity index (χ1n) is 4.11. The molecule has 0 spiro atoms. The van der Waals surface area contributed by atoms with Crippen LogP contribution in [0.4, 0.5) is 0 Å². The van der Waals surface area contributed by atoms with E-state index < -0.39 is 12.4 Å². The van der Waals surface area contributed by atoms with Crippen LogP contribution in [0.15, 0.2) is 0 Å². The van der Waals surface area contributed by atoms with Crippen LogP contribution in [0.3, 0.4) is 0 Å². The van der Waals surface area contributed by atoms with E-state index in [1.807, 2.05) is 0 Å². The lowest BCUT2D eigenvalue weighted by molar-refractivity contribution is -0.183. The van der Waals surface area contributed by atoms with Crippen LogP contribution in [-0.2, 0) is 14.2 Å². The van der Waals surface area contributed by atoms with Gasteiger partial charge in [-0.15, -0.1) is 0 Å². The highest BCUT2D eigenvalue weighted by atomic mass is 16.7. The fourth-order valence-electron chi connectivity index (χ4n) is 0.805. The van der Waals surface area contributed by atoms with Gasteiger partial charge in [0, 0.05) is 14.2 Å². The highest BCUT2D eigenvalue weighted by Gasteiger charge is 2.18. The largest absolute Gasteiger partial charge is 0.394 e. The molecule has 0 heterocycles. The molecule has 0 saturated heterocycles. The van der Waals surface area contributed by atoms with Crippen molar-refractivity contribution in [2.45, 2.75) is 25.4 Å². The molecule has 0 bridgehead atoms. The molecule has 2 N–H and O–H groups in total. The SMILES string of the molecule is COC(OC)C(O)COC(C)CO. The summed E-state index contributed by atoms with van der Waals surface area (Å²) in [6.07, 6.45) is -1.82. The standard InChI is InChI=1S/C8H18O5/c1-6(4-9)13-5-7(10)8(11-2)12-3/h6-10H,4-5H2,1-3H3. The minimum absolute atomic E-state index is 0.0721. The molecule has 0 aliphatic rings. The third-order valence-corrected chi connectivity index (χ3v) is 1.59. The minimum atomic E-state index is -0.844. The Morgan fingerprint density at radius 2 is 1.77 bits per heavy atom. The number of aliphatic hydroxyl groups is 2. The highest BCUT2D eigenvalue weighted by Crippen LogP contribution is 2.01. The smallest absolute Gasteiger partial charge is 0.184 e. The van der Waals surface area contributed by atoms with Crippen molar-refractivity contribution in [2.75, 3.05) is 27.4 Å². The number of ether oxygens (including phenoxy) is 3. The Morgan fingerprint density at radius 3 is 2.15 bits per heavy atom. The summed E-state index contributed by atoms with van der Waals surface area (Å²) in [5.74, 6) is 0. The first-order valence-corrected chi connectivity index (χ1v) is 4.11. The fourth-order valence-corrected chi connectivity index (χ4v) is 0.805. The summed E-state index contributed by atoms with van der Waals surface area (Å²) in [5, 5.41) is 18.0. The summed E-state index contributed by atoms with van der Waals surface area (Å²) in [4.78, 5) is 0. The van der Waals surface area contributed by atoms with E-state index in [1.165, 1.54) is 14.2 Å². The van der Waals surface area contributed by atoms with Crippen LogP contribution in [-0.4, -0.2) is 56.1 Å². The number of methoxy groups -OCH3 is 2. The van der Waals surface area contributed by atoms with Gasteiger partial charge in [-0.1, -0.05) is 0 Å². The van der Waals surface area contributed by atoms with Crippen molar-refractivity contribution in [3.63, 3.8) is 0 Å². The molecular weight excluding hydrogens is 176 g/mol. The summed E-state index contributed by atoms with van der Waals surface area (Å²) in [7, 11) is 2.87. The average molecular weight is 194 g/mol. The van der Waals surface area contributed by atoms with Gasteiger partial charge < -0.3 is 24.4 Å². The average Bonchev–Trinajstić information content (AvgIpc) is 2.16. The molecule has 0 fully saturated rings. The molecule has 0 amide bonds. The van der Waals surface area contributed by atoms with Crippen LogP contribution in [0, 0.1) is 0 Å². The molecule has 80 valence electrons. The van der Waals surface area contributed by atoms with Crippen molar-refractivity contribution in [2.24, 2.45) is 0 Å².